The molecular formula is C14H12BrCl. The van der Waals surface area contributed by atoms with Crippen molar-refractivity contribution in [1.82, 2.24) is 0 Å². The number of hydrogen-bond acceptors (Lipinski definition) is 0. The Kier molecular flexibility index (Phi) is 4.03. The Hall–Kier alpha value is -0.790. The zero-order valence-electron chi connectivity index (χ0n) is 8.79. The van der Waals surface area contributed by atoms with Gasteiger partial charge in [-0.15, -0.1) is 0 Å². The third-order valence-electron chi connectivity index (χ3n) is 2.53. The molecule has 0 heterocycles. The maximum Gasteiger partial charge on any atom is 0.0408 e. The van der Waals surface area contributed by atoms with E-state index in [1.807, 2.05) is 24.3 Å². The molecule has 0 unspecified atom stereocenters. The molecular weight excluding hydrogens is 284 g/mol. The molecule has 0 aliphatic heterocycles. The third-order valence-corrected chi connectivity index (χ3v) is 3.54. The van der Waals surface area contributed by atoms with Crippen molar-refractivity contribution in [2.45, 2.75) is 12.8 Å². The zero-order valence-corrected chi connectivity index (χ0v) is 11.1. The summed E-state index contributed by atoms with van der Waals surface area (Å²) in [5.74, 6) is 0. The first-order valence-corrected chi connectivity index (χ1v) is 6.40. The smallest absolute Gasteiger partial charge is 0.0408 e. The molecule has 0 aromatic heterocycles. The molecule has 0 N–H and O–H groups in total. The van der Waals surface area contributed by atoms with Gasteiger partial charge in [0.15, 0.2) is 0 Å². The fourth-order valence-corrected chi connectivity index (χ4v) is 2.37. The van der Waals surface area contributed by atoms with E-state index in [1.165, 1.54) is 15.6 Å². The van der Waals surface area contributed by atoms with Crippen LogP contribution >= 0.6 is 27.5 Å². The molecule has 0 saturated carbocycles. The van der Waals surface area contributed by atoms with E-state index in [0.29, 0.717) is 0 Å². The third kappa shape index (κ3) is 3.10. The molecule has 0 radical (unpaired) electrons. The van der Waals surface area contributed by atoms with Crippen molar-refractivity contribution >= 4 is 27.5 Å². The van der Waals surface area contributed by atoms with Crippen LogP contribution in [0.1, 0.15) is 11.1 Å². The second-order valence-corrected chi connectivity index (χ2v) is 5.01. The normalized spacial score (nSPS) is 10.4. The van der Waals surface area contributed by atoms with E-state index >= 15 is 0 Å². The van der Waals surface area contributed by atoms with E-state index in [1.54, 1.807) is 0 Å². The number of rotatable bonds is 3. The molecule has 2 aromatic rings. The van der Waals surface area contributed by atoms with Crippen molar-refractivity contribution in [3.05, 3.63) is 69.2 Å². The molecule has 82 valence electrons. The van der Waals surface area contributed by atoms with Crippen LogP contribution in [0.2, 0.25) is 5.02 Å². The van der Waals surface area contributed by atoms with Crippen LogP contribution in [0.25, 0.3) is 0 Å². The Morgan fingerprint density at radius 3 is 2.50 bits per heavy atom. The molecule has 0 saturated heterocycles. The molecule has 0 atom stereocenters. The highest BCUT2D eigenvalue weighted by molar-refractivity contribution is 9.10. The SMILES string of the molecule is Clc1cccc(CCc2ccccc2Br)c1. The molecule has 16 heavy (non-hydrogen) atoms. The average molecular weight is 296 g/mol. The van der Waals surface area contributed by atoms with Crippen molar-refractivity contribution in [3.63, 3.8) is 0 Å². The van der Waals surface area contributed by atoms with Gasteiger partial charge in [0.2, 0.25) is 0 Å². The minimum atomic E-state index is 0.810. The van der Waals surface area contributed by atoms with Crippen LogP contribution in [0.5, 0.6) is 0 Å². The molecule has 0 nitrogen and oxygen atoms in total. The fraction of sp³-hybridized carbons (Fsp3) is 0.143. The minimum absolute atomic E-state index is 0.810. The van der Waals surface area contributed by atoms with Gasteiger partial charge in [-0.1, -0.05) is 57.9 Å². The highest BCUT2D eigenvalue weighted by atomic mass is 79.9. The Bertz CT molecular complexity index is 480. The average Bonchev–Trinajstić information content (AvgIpc) is 2.28. The molecule has 2 heteroatoms. The van der Waals surface area contributed by atoms with Gasteiger partial charge in [0.25, 0.3) is 0 Å². The van der Waals surface area contributed by atoms with Gasteiger partial charge in [0.1, 0.15) is 0 Å². The lowest BCUT2D eigenvalue weighted by Gasteiger charge is -2.04. The Balaban J connectivity index is 2.05. The lowest BCUT2D eigenvalue weighted by molar-refractivity contribution is 0.955. The lowest BCUT2D eigenvalue weighted by atomic mass is 10.0. The van der Waals surface area contributed by atoms with Crippen molar-refractivity contribution in [2.24, 2.45) is 0 Å². The maximum absolute atomic E-state index is 5.95. The van der Waals surface area contributed by atoms with Crippen LogP contribution in [0, 0.1) is 0 Å². The number of aryl methyl sites for hydroxylation is 2. The Morgan fingerprint density at radius 1 is 0.938 bits per heavy atom. The number of halogens is 2. The van der Waals surface area contributed by atoms with Crippen LogP contribution in [0.15, 0.2) is 53.0 Å². The van der Waals surface area contributed by atoms with Gasteiger partial charge in [-0.3, -0.25) is 0 Å². The first kappa shape index (κ1) is 11.7. The minimum Gasteiger partial charge on any atom is -0.0843 e. The van der Waals surface area contributed by atoms with Crippen molar-refractivity contribution in [1.29, 1.82) is 0 Å². The van der Waals surface area contributed by atoms with Gasteiger partial charge >= 0.3 is 0 Å². The first-order valence-electron chi connectivity index (χ1n) is 5.23. The summed E-state index contributed by atoms with van der Waals surface area (Å²) >= 11 is 9.51. The van der Waals surface area contributed by atoms with Crippen LogP contribution in [0.4, 0.5) is 0 Å². The summed E-state index contributed by atoms with van der Waals surface area (Å²) in [6.07, 6.45) is 2.05. The van der Waals surface area contributed by atoms with E-state index in [2.05, 4.69) is 40.2 Å². The molecule has 2 aromatic carbocycles. The largest absolute Gasteiger partial charge is 0.0843 e. The summed E-state index contributed by atoms with van der Waals surface area (Å²) in [5.41, 5.74) is 2.62. The van der Waals surface area contributed by atoms with Crippen LogP contribution in [-0.2, 0) is 12.8 Å². The Morgan fingerprint density at radius 2 is 1.75 bits per heavy atom. The van der Waals surface area contributed by atoms with E-state index in [4.69, 9.17) is 11.6 Å². The van der Waals surface area contributed by atoms with Crippen LogP contribution < -0.4 is 0 Å². The molecule has 0 aliphatic carbocycles. The van der Waals surface area contributed by atoms with E-state index in [0.717, 1.165) is 17.9 Å². The van der Waals surface area contributed by atoms with Crippen molar-refractivity contribution in [3.8, 4) is 0 Å². The summed E-state index contributed by atoms with van der Waals surface area (Å²) in [7, 11) is 0. The van der Waals surface area contributed by atoms with Gasteiger partial charge in [-0.2, -0.15) is 0 Å². The second-order valence-electron chi connectivity index (χ2n) is 3.72. The van der Waals surface area contributed by atoms with Gasteiger partial charge in [-0.05, 0) is 42.2 Å². The molecule has 0 bridgehead atoms. The van der Waals surface area contributed by atoms with E-state index in [-0.39, 0.29) is 0 Å². The summed E-state index contributed by atoms with van der Waals surface area (Å²) in [4.78, 5) is 0. The molecule has 2 rings (SSSR count). The quantitative estimate of drug-likeness (QED) is 0.756. The monoisotopic (exact) mass is 294 g/mol. The van der Waals surface area contributed by atoms with E-state index < -0.39 is 0 Å². The zero-order chi connectivity index (χ0) is 11.4. The lowest BCUT2D eigenvalue weighted by Crippen LogP contribution is -1.92. The predicted octanol–water partition coefficient (Wildman–Crippen LogP) is 4.89. The van der Waals surface area contributed by atoms with Crippen molar-refractivity contribution < 1.29 is 0 Å². The number of hydrogen-bond donors (Lipinski definition) is 0. The topological polar surface area (TPSA) is 0 Å². The highest BCUT2D eigenvalue weighted by Gasteiger charge is 2.00. The van der Waals surface area contributed by atoms with Crippen LogP contribution in [0.3, 0.4) is 0 Å². The maximum atomic E-state index is 5.95. The first-order chi connectivity index (χ1) is 7.75. The summed E-state index contributed by atoms with van der Waals surface area (Å²) in [5, 5.41) is 0.810. The van der Waals surface area contributed by atoms with Gasteiger partial charge < -0.3 is 0 Å². The summed E-state index contributed by atoms with van der Waals surface area (Å²) in [6.45, 7) is 0. The van der Waals surface area contributed by atoms with Gasteiger partial charge in [-0.25, -0.2) is 0 Å². The molecule has 0 aliphatic rings. The van der Waals surface area contributed by atoms with Gasteiger partial charge in [0.05, 0.1) is 0 Å². The van der Waals surface area contributed by atoms with E-state index in [9.17, 15) is 0 Å². The summed E-state index contributed by atoms with van der Waals surface area (Å²) < 4.78 is 1.18. The highest BCUT2D eigenvalue weighted by Crippen LogP contribution is 2.19. The van der Waals surface area contributed by atoms with Gasteiger partial charge in [0, 0.05) is 9.50 Å². The molecule has 0 spiro atoms. The van der Waals surface area contributed by atoms with Crippen LogP contribution in [-0.4, -0.2) is 0 Å². The summed E-state index contributed by atoms with van der Waals surface area (Å²) in [6, 6.07) is 16.4. The second kappa shape index (κ2) is 5.51. The molecule has 0 amide bonds. The predicted molar refractivity (Wildman–Crippen MR) is 73.0 cm³/mol. The molecule has 0 fully saturated rings. The van der Waals surface area contributed by atoms with Crippen molar-refractivity contribution in [2.75, 3.05) is 0 Å². The Labute approximate surface area is 109 Å². The fourth-order valence-electron chi connectivity index (χ4n) is 1.67. The standard InChI is InChI=1S/C14H12BrCl/c15-14-7-2-1-5-12(14)9-8-11-4-3-6-13(16)10-11/h1-7,10H,8-9H2. The number of benzene rings is 2.